The van der Waals surface area contributed by atoms with E-state index in [-0.39, 0.29) is 0 Å². The molecule has 7 aliphatic rings. The van der Waals surface area contributed by atoms with Crippen molar-refractivity contribution in [1.29, 1.82) is 0 Å². The van der Waals surface area contributed by atoms with E-state index in [4.69, 9.17) is 140 Å². The van der Waals surface area contributed by atoms with Crippen molar-refractivity contribution >= 4 is 141 Å². The fourth-order valence-corrected chi connectivity index (χ4v) is 18.6. The van der Waals surface area contributed by atoms with Gasteiger partial charge in [0.15, 0.2) is 86.9 Å². The minimum Gasteiger partial charge on any atom is -0.479 e. The molecule has 0 saturated carbocycles. The number of hydrogen-bond donors (Lipinski definition) is 14. The average Bonchev–Trinajstić information content (AvgIpc) is 0.745. The van der Waals surface area contributed by atoms with Gasteiger partial charge in [-0.15, -0.1) is 17.3 Å². The van der Waals surface area contributed by atoms with Gasteiger partial charge in [-0.3, -0.25) is 54.6 Å². The molecule has 0 aromatic carbocycles. The van der Waals surface area contributed by atoms with Crippen molar-refractivity contribution in [1.82, 2.24) is 0 Å². The van der Waals surface area contributed by atoms with Gasteiger partial charge in [0.05, 0.1) is 13.2 Å². The van der Waals surface area contributed by atoms with Crippen LogP contribution in [-0.4, -0.2) is 467 Å². The zero-order valence-electron chi connectivity index (χ0n) is 70.1. The van der Waals surface area contributed by atoms with E-state index in [0.717, 1.165) is 42.7 Å². The van der Waals surface area contributed by atoms with E-state index in [1.165, 1.54) is 0 Å². The summed E-state index contributed by atoms with van der Waals surface area (Å²) in [4.78, 5) is 45.9. The summed E-state index contributed by atoms with van der Waals surface area (Å²) in [5.74, 6) is -6.27. The fourth-order valence-electron chi connectivity index (χ4n) is 14.5. The molecule has 7 heterocycles. The summed E-state index contributed by atoms with van der Waals surface area (Å²) in [7, 11) is -41.1. The van der Waals surface area contributed by atoms with Crippen LogP contribution in [0.5, 0.6) is 0 Å². The van der Waals surface area contributed by atoms with Gasteiger partial charge in [-0.05, 0) is 6.42 Å². The molecule has 0 aromatic heterocycles. The van der Waals surface area contributed by atoms with E-state index in [9.17, 15) is 159 Å². The Morgan fingerprint density at radius 3 is 0.920 bits per heavy atom. The van der Waals surface area contributed by atoms with Crippen molar-refractivity contribution in [2.45, 2.75) is 215 Å². The number of methoxy groups -OCH3 is 9. The Kier molecular flexibility index (Phi) is 46.7. The predicted molar refractivity (Wildman–Crippen MR) is 407 cm³/mol. The van der Waals surface area contributed by atoms with E-state index in [1.807, 2.05) is 0 Å². The number of carbonyl (C=O) groups is 2. The van der Waals surface area contributed by atoms with Crippen molar-refractivity contribution in [3.05, 3.63) is 0 Å². The monoisotopic (exact) mass is 2280 g/mol. The Morgan fingerprint density at radius 1 is 0.297 bits per heavy atom. The highest BCUT2D eigenvalue weighted by Crippen LogP contribution is 2.45. The molecule has 0 aliphatic carbocycles. The van der Waals surface area contributed by atoms with E-state index < -0.39 is 395 Å². The number of rotatable bonds is 57. The Morgan fingerprint density at radius 2 is 0.580 bits per heavy atom. The average molecular weight is 2280 g/mol. The quantitative estimate of drug-likeness (QED) is 0.00884. The van der Waals surface area contributed by atoms with Gasteiger partial charge in [0.25, 0.3) is 0 Å². The molecule has 0 aromatic rings. The van der Waals surface area contributed by atoms with Crippen molar-refractivity contribution in [2.24, 2.45) is 5.92 Å². The van der Waals surface area contributed by atoms with Gasteiger partial charge in [-0.1, -0.05) is 0 Å². The first-order valence-corrected chi connectivity index (χ1v) is 51.5. The molecule has 812 valence electrons. The van der Waals surface area contributed by atoms with Crippen LogP contribution in [0.25, 0.3) is 0 Å². The molecule has 39 atom stereocenters. The number of ether oxygens (including phenoxy) is 22. The maximum atomic E-state index is 13.9. The molecule has 0 bridgehead atoms. The highest BCUT2D eigenvalue weighted by Gasteiger charge is 2.64. The lowest BCUT2D eigenvalue weighted by atomic mass is 9.90. The van der Waals surface area contributed by atoms with Gasteiger partial charge in [-0.25, -0.2) is 62.6 Å². The van der Waals surface area contributed by atoms with Gasteiger partial charge in [-0.2, -0.15) is 84.2 Å². The minimum atomic E-state index is -6.31. The molecule has 22 unspecified atom stereocenters. The normalized spacial score (nSPS) is 36.9. The molecule has 7 rings (SSSR count). The zero-order valence-corrected chi connectivity index (χ0v) is 79.9. The molecular weight excluding hydrogens is 2190 g/mol. The fraction of sp³-hybridized carbons (Fsp3) is 0.962. The minimum absolute atomic E-state index is 0.650. The van der Waals surface area contributed by atoms with Crippen LogP contribution in [0.4, 0.5) is 0 Å². The van der Waals surface area contributed by atoms with Gasteiger partial charge in [0.2, 0.25) is 0 Å². The lowest BCUT2D eigenvalue weighted by molar-refractivity contribution is -0.400. The smallest absolute Gasteiger partial charge is 0.397 e. The van der Waals surface area contributed by atoms with Crippen molar-refractivity contribution in [2.75, 3.05) is 97.0 Å². The molecule has 0 radical (unpaired) electrons. The van der Waals surface area contributed by atoms with E-state index in [1.54, 1.807) is 0 Å². The largest absolute Gasteiger partial charge is 0.479 e. The lowest BCUT2D eigenvalue weighted by Crippen LogP contribution is -2.69. The van der Waals surface area contributed by atoms with Gasteiger partial charge < -0.3 is 114 Å². The number of carboxylic acid groups (broad SMARTS) is 2. The molecule has 86 heteroatoms. The number of hydrogen-bond acceptors (Lipinski definition) is 60. The molecule has 0 spiro atoms. The van der Waals surface area contributed by atoms with Crippen molar-refractivity contribution < 1.29 is 333 Å². The summed E-state index contributed by atoms with van der Waals surface area (Å²) in [6, 6.07) is 0. The third-order valence-corrected chi connectivity index (χ3v) is 23.8. The van der Waals surface area contributed by atoms with Gasteiger partial charge >= 0.3 is 141 Å². The Balaban J connectivity index is 1.29. The summed E-state index contributed by atoms with van der Waals surface area (Å²) in [6.45, 7) is -7.55. The SMILES string of the molecule is COC1C(OC)[C@H](O[C@@H]2OC(COOS(=O)O)[C@@H](O[C@@H]3OC(COOS(=O)O)[C@@H](OS(=O)(=O)O)[C@H](OC)C3OS(=O)(=O)O)[C@H](OC)C2OS(=O)(=O)O)C(COS(=O)(=O)O)O[C@@H]1O[C@@H]1C(C(=O)O)O[C@@H](O[C@@H]2C(COOS(=O)O)O[C@@H](OC(OC)[C@H]3CC(C(=O)O)O[C@@H](O[C@@H]4C(COS(=O)(=O)O)O[C@H](OC)C(OOS(=O)O)C4OS(=O)(=O)O)C3OC)C(OS(=O)(=O)O)[C@H]2OS(=O)(=O)O)C(OC)C1OC. The van der Waals surface area contributed by atoms with Crippen LogP contribution in [0.1, 0.15) is 6.42 Å². The molecule has 7 aliphatic heterocycles. The van der Waals surface area contributed by atoms with Crippen LogP contribution in [0.3, 0.4) is 0 Å². The maximum Gasteiger partial charge on any atom is 0.397 e. The Labute approximate surface area is 787 Å². The summed E-state index contributed by atoms with van der Waals surface area (Å²) >= 11 is -13.8. The Bertz CT molecular complexity index is 4980. The first kappa shape index (κ1) is 122. The highest BCUT2D eigenvalue weighted by atomic mass is 32.3. The van der Waals surface area contributed by atoms with Crippen LogP contribution in [0.2, 0.25) is 0 Å². The molecule has 0 amide bonds. The third-order valence-electron chi connectivity index (χ3n) is 19.3. The van der Waals surface area contributed by atoms with Crippen LogP contribution < -0.4 is 0 Å². The standard InChI is InChI=1S/C52H88O74S12/c1-89-23-16(10-17(43(53)54)103-47(23)111-27-22(15-102-132(68,69)70)104-46(97-9)39(116-126-130(63)64)34(27)118-134(74,75)76)45(96-8)115-52-42(122-138(86,87)88)35(119-135(77,78)79)26(19(106-52)12-99-124-128(59)60)112-49-38(95-7)32(93-5)33(36(114-49)44(55)56)113-48-37(94-6)29(90-2)25(21(108-48)14-101-131(65,66)67)110-50-40(120-136(80,81)82)30(91-3)24(18(105-50)11-98-123-127(57)58)109-51-41(121-137(83,84)85)31(92-4)28(117-133(71,72)73)20(107-51)13-100-125-129(61)62/h16-42,45-52H,10-15H2,1-9H3,(H,53,54)(H,55,56)(H,57,58)(H,59,60)(H,61,62)(H,63,64)(H,65,66,67)(H,68,69,70)(H,71,72,73)(H,74,75,76)(H,77,78,79)(H,80,81,82)(H,83,84,85)(H,86,87,88)/t16-,17?,18?,19?,20?,21?,22?,23?,24+,25+,26+,27+,28+,29?,30-,31-,32?,33-,34?,35-,36?,37?,38?,39?,40?,41?,42?,45?,46-,47-,48+,49+,50-,51-,52-/m0/s1. The summed E-state index contributed by atoms with van der Waals surface area (Å²) in [6.07, 6.45) is -87.3. The number of aliphatic carboxylic acids is 2. The first-order valence-electron chi connectivity index (χ1n) is 36.5. The highest BCUT2D eigenvalue weighted by molar-refractivity contribution is 7.82. The second-order valence-electron chi connectivity index (χ2n) is 27.5. The van der Waals surface area contributed by atoms with Crippen molar-refractivity contribution in [3.8, 4) is 0 Å². The lowest BCUT2D eigenvalue weighted by Gasteiger charge is -2.51. The molecule has 7 saturated heterocycles. The summed E-state index contributed by atoms with van der Waals surface area (Å²) in [5.41, 5.74) is 0. The molecule has 7 fully saturated rings. The first-order chi connectivity index (χ1) is 63.9. The van der Waals surface area contributed by atoms with Crippen molar-refractivity contribution in [3.63, 3.8) is 0 Å². The van der Waals surface area contributed by atoms with Crippen LogP contribution >= 0.6 is 0 Å². The van der Waals surface area contributed by atoms with E-state index in [0.29, 0.717) is 21.3 Å². The summed E-state index contributed by atoms with van der Waals surface area (Å²) < 4.78 is 549. The topological polar surface area (TPSA) is 1010 Å². The molecule has 14 N–H and O–H groups in total. The van der Waals surface area contributed by atoms with Crippen LogP contribution in [-0.2, 0) is 313 Å². The predicted octanol–water partition coefficient (Wildman–Crippen LogP) is -10.6. The third kappa shape index (κ3) is 36.6. The zero-order chi connectivity index (χ0) is 104. The number of carboxylic acids is 2. The Hall–Kier alpha value is -2.86. The second-order valence-corrected chi connectivity index (χ2v) is 38.3. The molecular formula is C52H88O74S12. The van der Waals surface area contributed by atoms with E-state index in [2.05, 4.69) is 34.8 Å². The summed E-state index contributed by atoms with van der Waals surface area (Å²) in [5, 5.41) is 21.7. The van der Waals surface area contributed by atoms with Gasteiger partial charge in [0, 0.05) is 69.9 Å². The molecule has 74 nitrogen and oxygen atoms in total. The second kappa shape index (κ2) is 52.8. The maximum absolute atomic E-state index is 13.9. The van der Waals surface area contributed by atoms with Crippen LogP contribution in [0, 0.1) is 5.92 Å². The van der Waals surface area contributed by atoms with Crippen LogP contribution in [0.15, 0.2) is 0 Å². The van der Waals surface area contributed by atoms with Gasteiger partial charge in [0.1, 0.15) is 142 Å². The van der Waals surface area contributed by atoms with E-state index >= 15 is 0 Å². The molecule has 138 heavy (non-hydrogen) atoms.